The van der Waals surface area contributed by atoms with Crippen molar-refractivity contribution in [3.05, 3.63) is 71.3 Å². The third-order valence-corrected chi connectivity index (χ3v) is 2.86. The van der Waals surface area contributed by atoms with Crippen molar-refractivity contribution in [3.63, 3.8) is 0 Å². The lowest BCUT2D eigenvalue weighted by Gasteiger charge is -2.10. The van der Waals surface area contributed by atoms with E-state index in [0.29, 0.717) is 5.56 Å². The molecule has 0 heterocycles. The van der Waals surface area contributed by atoms with Crippen LogP contribution < -0.4 is 0 Å². The second-order valence-corrected chi connectivity index (χ2v) is 4.29. The summed E-state index contributed by atoms with van der Waals surface area (Å²) in [5.41, 5.74) is 1.95. The molecule has 98 valence electrons. The number of carbonyl (C=O) groups excluding carboxylic acids is 1. The smallest absolute Gasteiger partial charge is 0.263 e. The van der Waals surface area contributed by atoms with Crippen LogP contribution in [0, 0.1) is 6.92 Å². The number of ether oxygens (including phenoxy) is 1. The topological polar surface area (TPSA) is 26.3 Å². The van der Waals surface area contributed by atoms with Crippen LogP contribution in [0.25, 0.3) is 0 Å². The second kappa shape index (κ2) is 6.25. The summed E-state index contributed by atoms with van der Waals surface area (Å²) < 4.78 is 18.8. The SMILES string of the molecule is Cc1ccccc1C(=O)[C@@H](F)OCc1ccccc1. The van der Waals surface area contributed by atoms with Gasteiger partial charge in [-0.1, -0.05) is 54.6 Å². The number of alkyl halides is 1. The first kappa shape index (κ1) is 13.4. The molecule has 19 heavy (non-hydrogen) atoms. The summed E-state index contributed by atoms with van der Waals surface area (Å²) in [4.78, 5) is 11.9. The Bertz CT molecular complexity index is 552. The van der Waals surface area contributed by atoms with Crippen molar-refractivity contribution in [1.29, 1.82) is 0 Å². The van der Waals surface area contributed by atoms with Gasteiger partial charge >= 0.3 is 0 Å². The maximum absolute atomic E-state index is 13.8. The van der Waals surface area contributed by atoms with E-state index in [-0.39, 0.29) is 6.61 Å². The number of halogens is 1. The van der Waals surface area contributed by atoms with E-state index in [4.69, 9.17) is 4.74 Å². The summed E-state index contributed by atoms with van der Waals surface area (Å²) in [5, 5.41) is 0. The van der Waals surface area contributed by atoms with E-state index in [9.17, 15) is 9.18 Å². The van der Waals surface area contributed by atoms with Crippen molar-refractivity contribution < 1.29 is 13.9 Å². The largest absolute Gasteiger partial charge is 0.337 e. The minimum atomic E-state index is -1.93. The number of hydrogen-bond acceptors (Lipinski definition) is 2. The van der Waals surface area contributed by atoms with E-state index in [1.807, 2.05) is 36.4 Å². The van der Waals surface area contributed by atoms with Gasteiger partial charge in [0.25, 0.3) is 6.36 Å². The van der Waals surface area contributed by atoms with E-state index in [1.54, 1.807) is 25.1 Å². The Kier molecular flexibility index (Phi) is 4.42. The summed E-state index contributed by atoms with van der Waals surface area (Å²) >= 11 is 0. The Morgan fingerprint density at radius 2 is 1.74 bits per heavy atom. The Hall–Kier alpha value is -2.00. The van der Waals surface area contributed by atoms with Gasteiger partial charge in [0.1, 0.15) is 0 Å². The molecule has 2 rings (SSSR count). The maximum Gasteiger partial charge on any atom is 0.263 e. The molecule has 0 spiro atoms. The lowest BCUT2D eigenvalue weighted by Crippen LogP contribution is -2.20. The normalized spacial score (nSPS) is 12.1. The molecule has 0 aliphatic rings. The zero-order valence-electron chi connectivity index (χ0n) is 10.7. The van der Waals surface area contributed by atoms with Crippen molar-refractivity contribution in [1.82, 2.24) is 0 Å². The van der Waals surface area contributed by atoms with E-state index < -0.39 is 12.1 Å². The Labute approximate surface area is 111 Å². The minimum absolute atomic E-state index is 0.0830. The van der Waals surface area contributed by atoms with Gasteiger partial charge in [0, 0.05) is 5.56 Å². The van der Waals surface area contributed by atoms with Gasteiger partial charge in [0.2, 0.25) is 5.78 Å². The summed E-state index contributed by atoms with van der Waals surface area (Å²) in [7, 11) is 0. The van der Waals surface area contributed by atoms with Gasteiger partial charge in [-0.15, -0.1) is 0 Å². The second-order valence-electron chi connectivity index (χ2n) is 4.29. The molecule has 0 radical (unpaired) electrons. The zero-order valence-corrected chi connectivity index (χ0v) is 10.7. The Morgan fingerprint density at radius 3 is 2.42 bits per heavy atom. The van der Waals surface area contributed by atoms with Gasteiger partial charge in [-0.2, -0.15) is 0 Å². The number of benzene rings is 2. The van der Waals surface area contributed by atoms with E-state index in [2.05, 4.69) is 0 Å². The standard InChI is InChI=1S/C16H15FO2/c1-12-7-5-6-10-14(12)15(18)16(17)19-11-13-8-3-2-4-9-13/h2-10,16H,11H2,1H3/t16-/m0/s1. The molecule has 2 nitrogen and oxygen atoms in total. The summed E-state index contributed by atoms with van der Waals surface area (Å²) in [6.07, 6.45) is -1.93. The van der Waals surface area contributed by atoms with E-state index >= 15 is 0 Å². The first-order chi connectivity index (χ1) is 9.18. The van der Waals surface area contributed by atoms with Crippen LogP contribution in [0.4, 0.5) is 4.39 Å². The third kappa shape index (κ3) is 3.48. The predicted octanol–water partition coefficient (Wildman–Crippen LogP) is 3.69. The third-order valence-electron chi connectivity index (χ3n) is 2.86. The first-order valence-electron chi connectivity index (χ1n) is 6.08. The van der Waals surface area contributed by atoms with Crippen molar-refractivity contribution >= 4 is 5.78 Å². The average Bonchev–Trinajstić information content (AvgIpc) is 2.45. The fourth-order valence-corrected chi connectivity index (χ4v) is 1.79. The molecular formula is C16H15FO2. The van der Waals surface area contributed by atoms with Gasteiger partial charge in [-0.3, -0.25) is 4.79 Å². The molecule has 0 amide bonds. The fraction of sp³-hybridized carbons (Fsp3) is 0.188. The molecular weight excluding hydrogens is 243 g/mol. The van der Waals surface area contributed by atoms with E-state index in [1.165, 1.54) is 0 Å². The highest BCUT2D eigenvalue weighted by molar-refractivity contribution is 5.99. The highest BCUT2D eigenvalue weighted by Crippen LogP contribution is 2.14. The zero-order chi connectivity index (χ0) is 13.7. The predicted molar refractivity (Wildman–Crippen MR) is 71.6 cm³/mol. The lowest BCUT2D eigenvalue weighted by atomic mass is 10.1. The molecule has 0 aromatic heterocycles. The van der Waals surface area contributed by atoms with Crippen LogP contribution >= 0.6 is 0 Å². The van der Waals surface area contributed by atoms with Crippen molar-refractivity contribution in [2.45, 2.75) is 19.9 Å². The van der Waals surface area contributed by atoms with Gasteiger partial charge in [-0.05, 0) is 18.1 Å². The molecule has 2 aromatic rings. The van der Waals surface area contributed by atoms with Crippen LogP contribution in [0.15, 0.2) is 54.6 Å². The van der Waals surface area contributed by atoms with Crippen LogP contribution in [0.2, 0.25) is 0 Å². The molecule has 0 unspecified atom stereocenters. The van der Waals surface area contributed by atoms with Crippen LogP contribution in [-0.4, -0.2) is 12.1 Å². The highest BCUT2D eigenvalue weighted by Gasteiger charge is 2.21. The van der Waals surface area contributed by atoms with Gasteiger partial charge in [0.15, 0.2) is 0 Å². The molecule has 0 aliphatic heterocycles. The fourth-order valence-electron chi connectivity index (χ4n) is 1.79. The number of carbonyl (C=O) groups is 1. The lowest BCUT2D eigenvalue weighted by molar-refractivity contribution is -0.0295. The molecule has 3 heteroatoms. The number of hydrogen-bond donors (Lipinski definition) is 0. The monoisotopic (exact) mass is 258 g/mol. The summed E-state index contributed by atoms with van der Waals surface area (Å²) in [6, 6.07) is 16.1. The number of Topliss-reactive ketones (excluding diaryl/α,β-unsaturated/α-hetero) is 1. The Morgan fingerprint density at radius 1 is 1.11 bits per heavy atom. The van der Waals surface area contributed by atoms with Crippen molar-refractivity contribution in [3.8, 4) is 0 Å². The van der Waals surface area contributed by atoms with Gasteiger partial charge in [0.05, 0.1) is 6.61 Å². The molecule has 0 N–H and O–H groups in total. The molecule has 2 aromatic carbocycles. The van der Waals surface area contributed by atoms with Gasteiger partial charge in [-0.25, -0.2) is 4.39 Å². The molecule has 0 saturated heterocycles. The Balaban J connectivity index is 1.99. The first-order valence-corrected chi connectivity index (χ1v) is 6.08. The summed E-state index contributed by atoms with van der Waals surface area (Å²) in [5.74, 6) is -0.631. The minimum Gasteiger partial charge on any atom is -0.337 e. The van der Waals surface area contributed by atoms with Crippen LogP contribution in [0.5, 0.6) is 0 Å². The van der Waals surface area contributed by atoms with E-state index in [0.717, 1.165) is 11.1 Å². The molecule has 0 fully saturated rings. The summed E-state index contributed by atoms with van der Waals surface area (Å²) in [6.45, 7) is 1.86. The molecule has 1 atom stereocenters. The quantitative estimate of drug-likeness (QED) is 0.764. The van der Waals surface area contributed by atoms with Crippen LogP contribution in [0.1, 0.15) is 21.5 Å². The highest BCUT2D eigenvalue weighted by atomic mass is 19.1. The maximum atomic E-state index is 13.8. The van der Waals surface area contributed by atoms with Crippen LogP contribution in [0.3, 0.4) is 0 Å². The number of aryl methyl sites for hydroxylation is 1. The van der Waals surface area contributed by atoms with Crippen LogP contribution in [-0.2, 0) is 11.3 Å². The number of ketones is 1. The van der Waals surface area contributed by atoms with Crippen molar-refractivity contribution in [2.75, 3.05) is 0 Å². The molecule has 0 bridgehead atoms. The van der Waals surface area contributed by atoms with Crippen molar-refractivity contribution in [2.24, 2.45) is 0 Å². The molecule has 0 saturated carbocycles. The number of rotatable bonds is 5. The average molecular weight is 258 g/mol. The molecule has 0 aliphatic carbocycles. The van der Waals surface area contributed by atoms with Gasteiger partial charge < -0.3 is 4.74 Å².